The second-order valence-electron chi connectivity index (χ2n) is 4.58. The largest absolute Gasteiger partial charge is 0.416 e. The Bertz CT molecular complexity index is 773. The fourth-order valence-corrected chi connectivity index (χ4v) is 2.39. The van der Waals surface area contributed by atoms with Gasteiger partial charge in [0, 0.05) is 16.5 Å². The molecule has 6 nitrogen and oxygen atoms in total. The topological polar surface area (TPSA) is 84.6 Å². The van der Waals surface area contributed by atoms with Crippen LogP contribution in [0.5, 0.6) is 0 Å². The maximum atomic E-state index is 12.6. The molecular weight excluding hydrogens is 347 g/mol. The smallest absolute Gasteiger partial charge is 0.273 e. The van der Waals surface area contributed by atoms with E-state index in [0.29, 0.717) is 12.1 Å². The lowest BCUT2D eigenvalue weighted by atomic mass is 10.1. The van der Waals surface area contributed by atoms with Crippen LogP contribution in [0.1, 0.15) is 16.0 Å². The van der Waals surface area contributed by atoms with E-state index in [-0.39, 0.29) is 5.56 Å². The van der Waals surface area contributed by atoms with Crippen LogP contribution in [0.15, 0.2) is 40.8 Å². The molecule has 10 heteroatoms. The average molecular weight is 357 g/mol. The van der Waals surface area contributed by atoms with Crippen molar-refractivity contribution in [2.75, 3.05) is 0 Å². The number of benzene rings is 1. The predicted molar refractivity (Wildman–Crippen MR) is 81.9 cm³/mol. The maximum Gasteiger partial charge on any atom is 0.416 e. The first-order valence-electron chi connectivity index (χ1n) is 6.47. The molecule has 24 heavy (non-hydrogen) atoms. The number of nitro benzene ring substituents is 1. The van der Waals surface area contributed by atoms with Gasteiger partial charge in [0.05, 0.1) is 23.1 Å². The highest BCUT2D eigenvalue weighted by Gasteiger charge is 2.33. The predicted octanol–water partition coefficient (Wildman–Crippen LogP) is 3.37. The van der Waals surface area contributed by atoms with Gasteiger partial charge >= 0.3 is 6.18 Å². The zero-order valence-corrected chi connectivity index (χ0v) is 12.7. The van der Waals surface area contributed by atoms with E-state index in [0.717, 1.165) is 10.9 Å². The third kappa shape index (κ3) is 4.62. The fraction of sp³-hybridized carbons (Fsp3) is 0.143. The monoisotopic (exact) mass is 357 g/mol. The quantitative estimate of drug-likeness (QED) is 0.506. The molecular formula is C14H10F3N3O3S. The van der Waals surface area contributed by atoms with Crippen LogP contribution < -0.4 is 5.43 Å². The Labute approximate surface area is 137 Å². The van der Waals surface area contributed by atoms with Crippen molar-refractivity contribution in [2.24, 2.45) is 5.10 Å². The Morgan fingerprint density at radius 3 is 2.71 bits per heavy atom. The number of carbonyl (C=O) groups is 1. The molecule has 126 valence electrons. The zero-order chi connectivity index (χ0) is 17.7. The highest BCUT2D eigenvalue weighted by Crippen LogP contribution is 2.33. The third-order valence-corrected chi connectivity index (χ3v) is 3.69. The molecule has 2 aromatic rings. The standard InChI is InChI=1S/C14H10F3N3O3S/c15-14(16,17)10-4-3-9(12(7-10)20(22)23)6-13(21)19-18-8-11-2-1-5-24-11/h1-5,7-8H,6H2,(H,19,21). The number of halogens is 3. The minimum absolute atomic E-state index is 0.128. The van der Waals surface area contributed by atoms with Crippen LogP contribution in [0.2, 0.25) is 0 Å². The maximum absolute atomic E-state index is 12.6. The van der Waals surface area contributed by atoms with Crippen LogP contribution in [0.3, 0.4) is 0 Å². The zero-order valence-electron chi connectivity index (χ0n) is 11.9. The number of thiophene rings is 1. The van der Waals surface area contributed by atoms with Gasteiger partial charge in [0.2, 0.25) is 5.91 Å². The molecule has 1 heterocycles. The summed E-state index contributed by atoms with van der Waals surface area (Å²) in [6.45, 7) is 0. The molecule has 0 unspecified atom stereocenters. The van der Waals surface area contributed by atoms with E-state index in [1.807, 2.05) is 5.38 Å². The first-order valence-corrected chi connectivity index (χ1v) is 7.35. The summed E-state index contributed by atoms with van der Waals surface area (Å²) in [5.41, 5.74) is 0.139. The van der Waals surface area contributed by atoms with E-state index >= 15 is 0 Å². The Morgan fingerprint density at radius 1 is 1.38 bits per heavy atom. The summed E-state index contributed by atoms with van der Waals surface area (Å²) < 4.78 is 37.8. The van der Waals surface area contributed by atoms with Crippen molar-refractivity contribution in [3.63, 3.8) is 0 Å². The molecule has 0 saturated carbocycles. The summed E-state index contributed by atoms with van der Waals surface area (Å²) in [4.78, 5) is 22.5. The van der Waals surface area contributed by atoms with E-state index in [2.05, 4.69) is 10.5 Å². The lowest BCUT2D eigenvalue weighted by Crippen LogP contribution is -2.20. The van der Waals surface area contributed by atoms with Gasteiger partial charge in [0.1, 0.15) is 0 Å². The lowest BCUT2D eigenvalue weighted by molar-refractivity contribution is -0.385. The molecule has 2 rings (SSSR count). The number of hydrogen-bond acceptors (Lipinski definition) is 5. The van der Waals surface area contributed by atoms with Crippen LogP contribution in [-0.4, -0.2) is 17.0 Å². The number of carbonyl (C=O) groups excluding carboxylic acids is 1. The summed E-state index contributed by atoms with van der Waals surface area (Å²) in [5.74, 6) is -0.675. The van der Waals surface area contributed by atoms with Gasteiger partial charge < -0.3 is 0 Å². The number of hydrogen-bond donors (Lipinski definition) is 1. The number of nitrogens with one attached hydrogen (secondary N) is 1. The van der Waals surface area contributed by atoms with E-state index in [9.17, 15) is 28.1 Å². The molecule has 1 amide bonds. The van der Waals surface area contributed by atoms with Crippen molar-refractivity contribution in [1.82, 2.24) is 5.43 Å². The van der Waals surface area contributed by atoms with E-state index in [1.54, 1.807) is 12.1 Å². The van der Waals surface area contributed by atoms with E-state index in [4.69, 9.17) is 0 Å². The van der Waals surface area contributed by atoms with Crippen molar-refractivity contribution in [2.45, 2.75) is 12.6 Å². The molecule has 0 aliphatic rings. The first kappa shape index (κ1) is 17.6. The summed E-state index contributed by atoms with van der Waals surface area (Å²) in [7, 11) is 0. The van der Waals surface area contributed by atoms with Crippen molar-refractivity contribution in [3.8, 4) is 0 Å². The SMILES string of the molecule is O=C(Cc1ccc(C(F)(F)F)cc1[N+](=O)[O-])NN=Cc1cccs1. The molecule has 0 aliphatic heterocycles. The van der Waals surface area contributed by atoms with Crippen molar-refractivity contribution < 1.29 is 22.9 Å². The van der Waals surface area contributed by atoms with Crippen LogP contribution in [0, 0.1) is 10.1 Å². The Morgan fingerprint density at radius 2 is 2.12 bits per heavy atom. The Balaban J connectivity index is 2.10. The number of rotatable bonds is 5. The molecule has 1 aromatic carbocycles. The fourth-order valence-electron chi connectivity index (χ4n) is 1.80. The molecule has 1 aromatic heterocycles. The van der Waals surface area contributed by atoms with Gasteiger partial charge in [-0.05, 0) is 17.5 Å². The summed E-state index contributed by atoms with van der Waals surface area (Å²) >= 11 is 1.39. The summed E-state index contributed by atoms with van der Waals surface area (Å²) in [6, 6.07) is 5.59. The second kappa shape index (κ2) is 7.21. The van der Waals surface area contributed by atoms with Crippen molar-refractivity contribution >= 4 is 29.1 Å². The number of amides is 1. The number of nitrogens with zero attached hydrogens (tertiary/aromatic N) is 2. The molecule has 0 saturated heterocycles. The third-order valence-electron chi connectivity index (χ3n) is 2.88. The lowest BCUT2D eigenvalue weighted by Gasteiger charge is -2.08. The summed E-state index contributed by atoms with van der Waals surface area (Å²) in [5, 5.41) is 16.4. The Kier molecular flexibility index (Phi) is 5.29. The minimum Gasteiger partial charge on any atom is -0.273 e. The van der Waals surface area contributed by atoms with E-state index in [1.165, 1.54) is 17.6 Å². The van der Waals surface area contributed by atoms with Crippen molar-refractivity contribution in [1.29, 1.82) is 0 Å². The van der Waals surface area contributed by atoms with Crippen LogP contribution >= 0.6 is 11.3 Å². The van der Waals surface area contributed by atoms with Gasteiger partial charge in [-0.3, -0.25) is 14.9 Å². The number of nitro groups is 1. The van der Waals surface area contributed by atoms with Gasteiger partial charge in [-0.25, -0.2) is 5.43 Å². The average Bonchev–Trinajstić information content (AvgIpc) is 2.99. The van der Waals surface area contributed by atoms with Gasteiger partial charge in [0.15, 0.2) is 0 Å². The van der Waals surface area contributed by atoms with Crippen molar-refractivity contribution in [3.05, 3.63) is 61.8 Å². The molecule has 0 aliphatic carbocycles. The molecule has 0 atom stereocenters. The van der Waals surface area contributed by atoms with Crippen LogP contribution in [0.25, 0.3) is 0 Å². The van der Waals surface area contributed by atoms with Gasteiger partial charge in [0.25, 0.3) is 5.69 Å². The molecule has 1 N–H and O–H groups in total. The molecule has 0 spiro atoms. The number of hydrazone groups is 1. The number of alkyl halides is 3. The summed E-state index contributed by atoms with van der Waals surface area (Å²) in [6.07, 6.45) is -3.77. The second-order valence-corrected chi connectivity index (χ2v) is 5.56. The normalized spacial score (nSPS) is 11.6. The Hall–Kier alpha value is -2.75. The molecule has 0 bridgehead atoms. The van der Waals surface area contributed by atoms with Crippen LogP contribution in [-0.2, 0) is 17.4 Å². The highest BCUT2D eigenvalue weighted by atomic mass is 32.1. The van der Waals surface area contributed by atoms with Gasteiger partial charge in [-0.1, -0.05) is 12.1 Å². The van der Waals surface area contributed by atoms with Gasteiger partial charge in [-0.15, -0.1) is 11.3 Å². The minimum atomic E-state index is -4.70. The van der Waals surface area contributed by atoms with E-state index < -0.39 is 34.7 Å². The highest BCUT2D eigenvalue weighted by molar-refractivity contribution is 7.11. The van der Waals surface area contributed by atoms with Gasteiger partial charge in [-0.2, -0.15) is 18.3 Å². The molecule has 0 fully saturated rings. The van der Waals surface area contributed by atoms with Crippen LogP contribution in [0.4, 0.5) is 18.9 Å². The molecule has 0 radical (unpaired) electrons. The first-order chi connectivity index (χ1) is 11.3.